The van der Waals surface area contributed by atoms with Gasteiger partial charge < -0.3 is 24.5 Å². The summed E-state index contributed by atoms with van der Waals surface area (Å²) in [5.74, 6) is -1.99. The number of nitrogens with zero attached hydrogens (tertiary/aromatic N) is 2. The van der Waals surface area contributed by atoms with Gasteiger partial charge in [-0.3, -0.25) is 4.79 Å². The van der Waals surface area contributed by atoms with Gasteiger partial charge in [0.15, 0.2) is 0 Å². The fraction of sp³-hybridized carbons (Fsp3) is 0.286. The second-order valence-electron chi connectivity index (χ2n) is 4.73. The van der Waals surface area contributed by atoms with E-state index in [2.05, 4.69) is 20.2 Å². The fourth-order valence-corrected chi connectivity index (χ4v) is 1.70. The van der Waals surface area contributed by atoms with E-state index in [0.29, 0.717) is 5.56 Å². The lowest BCUT2D eigenvalue weighted by Crippen LogP contribution is -2.32. The molecule has 0 saturated carbocycles. The number of benzene rings is 1. The number of hydrogen-bond acceptors (Lipinski definition) is 7. The van der Waals surface area contributed by atoms with Crippen LogP contribution in [0.5, 0.6) is 0 Å². The van der Waals surface area contributed by atoms with Crippen LogP contribution in [0, 0.1) is 0 Å². The van der Waals surface area contributed by atoms with Crippen molar-refractivity contribution in [3.8, 4) is 11.4 Å². The van der Waals surface area contributed by atoms with Gasteiger partial charge in [-0.2, -0.15) is 18.2 Å². The number of amides is 1. The molecule has 0 aliphatic carbocycles. The highest BCUT2D eigenvalue weighted by Crippen LogP contribution is 2.30. The molecule has 2 rings (SSSR count). The molecule has 25 heavy (non-hydrogen) atoms. The first-order valence-corrected chi connectivity index (χ1v) is 6.80. The lowest BCUT2D eigenvalue weighted by Gasteiger charge is -2.05. The molecule has 1 amide bonds. The fourth-order valence-electron chi connectivity index (χ4n) is 1.70. The molecule has 0 fully saturated rings. The highest BCUT2D eigenvalue weighted by molar-refractivity contribution is 5.77. The molecule has 11 heteroatoms. The third-order valence-electron chi connectivity index (χ3n) is 2.83. The molecule has 1 aromatic carbocycles. The van der Waals surface area contributed by atoms with Gasteiger partial charge >= 0.3 is 6.18 Å². The topological polar surface area (TPSA) is 117 Å². The zero-order valence-electron chi connectivity index (χ0n) is 12.5. The molecule has 0 unspecified atom stereocenters. The number of carbonyl (C=O) groups is 2. The number of alkyl halides is 3. The zero-order chi connectivity index (χ0) is 18.4. The van der Waals surface area contributed by atoms with E-state index in [1.807, 2.05) is 0 Å². The van der Waals surface area contributed by atoms with Gasteiger partial charge in [0.2, 0.25) is 17.6 Å². The van der Waals surface area contributed by atoms with E-state index in [-0.39, 0.29) is 18.3 Å². The Hall–Kier alpha value is -2.95. The van der Waals surface area contributed by atoms with Crippen molar-refractivity contribution in [1.82, 2.24) is 15.5 Å². The van der Waals surface area contributed by atoms with Crippen LogP contribution in [0.25, 0.3) is 11.4 Å². The molecule has 0 aliphatic rings. The van der Waals surface area contributed by atoms with Crippen molar-refractivity contribution in [3.05, 3.63) is 35.7 Å². The van der Waals surface area contributed by atoms with Crippen molar-refractivity contribution >= 4 is 11.9 Å². The highest BCUT2D eigenvalue weighted by Gasteiger charge is 2.30. The van der Waals surface area contributed by atoms with E-state index < -0.39 is 36.8 Å². The summed E-state index contributed by atoms with van der Waals surface area (Å²) in [7, 11) is 0. The molecule has 1 heterocycles. The standard InChI is InChI=1S/C14H12F3N3O5/c15-14(16,17)9-3-1-8(2-4-9)13-19-11(25-20-13)5-18-10(21)6-24-7-12(22)23/h1-4H,5-7H2,(H,18,21)(H,22,23)/p-1. The smallest absolute Gasteiger partial charge is 0.416 e. The second-order valence-corrected chi connectivity index (χ2v) is 4.73. The lowest BCUT2D eigenvalue weighted by molar-refractivity contribution is -0.309. The van der Waals surface area contributed by atoms with Crippen LogP contribution in [0.1, 0.15) is 11.5 Å². The molecule has 1 N–H and O–H groups in total. The SMILES string of the molecule is O=C([O-])COCC(=O)NCc1nc(-c2ccc(C(F)(F)F)cc2)no1. The first kappa shape index (κ1) is 18.4. The molecule has 0 spiro atoms. The van der Waals surface area contributed by atoms with Crippen molar-refractivity contribution in [2.45, 2.75) is 12.7 Å². The maximum absolute atomic E-state index is 12.5. The molecule has 1 aromatic heterocycles. The van der Waals surface area contributed by atoms with Gasteiger partial charge in [0, 0.05) is 5.56 Å². The van der Waals surface area contributed by atoms with E-state index in [4.69, 9.17) is 4.52 Å². The second kappa shape index (κ2) is 7.75. The minimum atomic E-state index is -4.44. The molecular formula is C14H11F3N3O5-. The Balaban J connectivity index is 1.89. The van der Waals surface area contributed by atoms with Crippen LogP contribution in [0.2, 0.25) is 0 Å². The van der Waals surface area contributed by atoms with Crippen molar-refractivity contribution < 1.29 is 37.1 Å². The summed E-state index contributed by atoms with van der Waals surface area (Å²) in [5.41, 5.74) is -0.490. The largest absolute Gasteiger partial charge is 0.548 e. The van der Waals surface area contributed by atoms with Crippen LogP contribution in [-0.2, 0) is 27.0 Å². The van der Waals surface area contributed by atoms with Crippen molar-refractivity contribution in [2.24, 2.45) is 0 Å². The number of carbonyl (C=O) groups excluding carboxylic acids is 2. The highest BCUT2D eigenvalue weighted by atomic mass is 19.4. The van der Waals surface area contributed by atoms with E-state index in [9.17, 15) is 27.9 Å². The van der Waals surface area contributed by atoms with Crippen molar-refractivity contribution in [3.63, 3.8) is 0 Å². The van der Waals surface area contributed by atoms with Gasteiger partial charge in [0.25, 0.3) is 0 Å². The summed E-state index contributed by atoms with van der Waals surface area (Å²) < 4.78 is 46.9. The Morgan fingerprint density at radius 3 is 2.48 bits per heavy atom. The Morgan fingerprint density at radius 2 is 1.88 bits per heavy atom. The number of nitrogens with one attached hydrogen (secondary N) is 1. The normalized spacial score (nSPS) is 11.3. The summed E-state index contributed by atoms with van der Waals surface area (Å²) in [6, 6.07) is 4.18. The van der Waals surface area contributed by atoms with E-state index >= 15 is 0 Å². The predicted molar refractivity (Wildman–Crippen MR) is 72.4 cm³/mol. The molecule has 0 atom stereocenters. The quantitative estimate of drug-likeness (QED) is 0.748. The van der Waals surface area contributed by atoms with Gasteiger partial charge in [-0.1, -0.05) is 17.3 Å². The number of aliphatic carboxylic acids is 1. The molecule has 134 valence electrons. The predicted octanol–water partition coefficient (Wildman–Crippen LogP) is 0.138. The van der Waals surface area contributed by atoms with Crippen LogP contribution in [-0.4, -0.2) is 35.2 Å². The maximum Gasteiger partial charge on any atom is 0.416 e. The van der Waals surface area contributed by atoms with Crippen molar-refractivity contribution in [2.75, 3.05) is 13.2 Å². The molecular weight excluding hydrogens is 347 g/mol. The molecule has 2 aromatic rings. The number of carboxylic acid groups (broad SMARTS) is 1. The number of rotatable bonds is 7. The Labute approximate surface area is 138 Å². The number of ether oxygens (including phenoxy) is 1. The summed E-state index contributed by atoms with van der Waals surface area (Å²) >= 11 is 0. The third-order valence-corrected chi connectivity index (χ3v) is 2.83. The average molecular weight is 358 g/mol. The first-order valence-electron chi connectivity index (χ1n) is 6.80. The van der Waals surface area contributed by atoms with Crippen LogP contribution in [0.3, 0.4) is 0 Å². The van der Waals surface area contributed by atoms with Crippen LogP contribution < -0.4 is 10.4 Å². The van der Waals surface area contributed by atoms with Crippen LogP contribution in [0.15, 0.2) is 28.8 Å². The maximum atomic E-state index is 12.5. The van der Waals surface area contributed by atoms with Crippen LogP contribution >= 0.6 is 0 Å². The Bertz CT molecular complexity index is 743. The lowest BCUT2D eigenvalue weighted by atomic mass is 10.1. The van der Waals surface area contributed by atoms with Gasteiger partial charge in [-0.15, -0.1) is 0 Å². The van der Waals surface area contributed by atoms with Gasteiger partial charge in [0.05, 0.1) is 24.7 Å². The average Bonchev–Trinajstić information content (AvgIpc) is 3.01. The summed E-state index contributed by atoms with van der Waals surface area (Å²) in [6.07, 6.45) is -4.44. The number of hydrogen-bond donors (Lipinski definition) is 1. The molecule has 0 saturated heterocycles. The molecule has 0 radical (unpaired) electrons. The third kappa shape index (κ3) is 5.57. The van der Waals surface area contributed by atoms with Crippen LogP contribution in [0.4, 0.5) is 13.2 Å². The van der Waals surface area contributed by atoms with Gasteiger partial charge in [-0.05, 0) is 12.1 Å². The van der Waals surface area contributed by atoms with E-state index in [1.54, 1.807) is 0 Å². The minimum Gasteiger partial charge on any atom is -0.548 e. The zero-order valence-corrected chi connectivity index (χ0v) is 12.5. The minimum absolute atomic E-state index is 0.0168. The number of carboxylic acids is 1. The molecule has 0 bridgehead atoms. The summed E-state index contributed by atoms with van der Waals surface area (Å²) in [5, 5.41) is 16.1. The molecule has 8 nitrogen and oxygen atoms in total. The Morgan fingerprint density at radius 1 is 1.20 bits per heavy atom. The number of halogens is 3. The number of aromatic nitrogens is 2. The van der Waals surface area contributed by atoms with E-state index in [1.165, 1.54) is 12.1 Å². The van der Waals surface area contributed by atoms with Crippen molar-refractivity contribution in [1.29, 1.82) is 0 Å². The summed E-state index contributed by atoms with van der Waals surface area (Å²) in [6.45, 7) is -1.36. The monoisotopic (exact) mass is 358 g/mol. The molecule has 0 aliphatic heterocycles. The van der Waals surface area contributed by atoms with E-state index in [0.717, 1.165) is 12.1 Å². The Kier molecular flexibility index (Phi) is 5.70. The van der Waals surface area contributed by atoms with Gasteiger partial charge in [0.1, 0.15) is 6.61 Å². The summed E-state index contributed by atoms with van der Waals surface area (Å²) in [4.78, 5) is 25.4. The first-order chi connectivity index (χ1) is 11.8. The van der Waals surface area contributed by atoms with Gasteiger partial charge in [-0.25, -0.2) is 0 Å².